The molecule has 1 aliphatic rings. The van der Waals surface area contributed by atoms with Gasteiger partial charge in [-0.15, -0.1) is 0 Å². The highest BCUT2D eigenvalue weighted by Gasteiger charge is 2.21. The van der Waals surface area contributed by atoms with Crippen molar-refractivity contribution in [3.05, 3.63) is 47.8 Å². The molecule has 0 heterocycles. The molecular formula is C18H22FN. The van der Waals surface area contributed by atoms with Gasteiger partial charge in [0, 0.05) is 0 Å². The Morgan fingerprint density at radius 3 is 2.45 bits per heavy atom. The first kappa shape index (κ1) is 14.8. The topological polar surface area (TPSA) is 23.8 Å². The van der Waals surface area contributed by atoms with Gasteiger partial charge >= 0.3 is 0 Å². The van der Waals surface area contributed by atoms with Crippen LogP contribution in [0.2, 0.25) is 0 Å². The fourth-order valence-corrected chi connectivity index (χ4v) is 3.20. The van der Waals surface area contributed by atoms with Gasteiger partial charge in [-0.25, -0.2) is 4.39 Å². The first-order valence-electron chi connectivity index (χ1n) is 7.58. The van der Waals surface area contributed by atoms with Crippen LogP contribution in [0.15, 0.2) is 36.7 Å². The maximum atomic E-state index is 11.9. The fraction of sp³-hybridized carbons (Fsp3) is 0.500. The molecule has 1 aromatic rings. The van der Waals surface area contributed by atoms with Crippen molar-refractivity contribution in [3.63, 3.8) is 0 Å². The highest BCUT2D eigenvalue weighted by atomic mass is 19.1. The average molecular weight is 271 g/mol. The van der Waals surface area contributed by atoms with E-state index in [2.05, 4.69) is 18.2 Å². The highest BCUT2D eigenvalue weighted by Crippen LogP contribution is 2.37. The summed E-state index contributed by atoms with van der Waals surface area (Å²) in [7, 11) is 0. The van der Waals surface area contributed by atoms with E-state index in [1.807, 2.05) is 12.1 Å². The summed E-state index contributed by atoms with van der Waals surface area (Å²) in [5.41, 5.74) is 2.12. The smallest absolute Gasteiger partial charge is 0.0991 e. The molecule has 1 aliphatic carbocycles. The number of unbranched alkanes of at least 4 members (excludes halogenated alkanes) is 1. The molecule has 106 valence electrons. The largest absolute Gasteiger partial charge is 0.216 e. The zero-order valence-electron chi connectivity index (χ0n) is 11.9. The molecule has 0 spiro atoms. The maximum Gasteiger partial charge on any atom is 0.0991 e. The van der Waals surface area contributed by atoms with Gasteiger partial charge in [-0.2, -0.15) is 5.26 Å². The van der Waals surface area contributed by atoms with Crippen LogP contribution in [0.25, 0.3) is 0 Å². The molecule has 0 aromatic heterocycles. The Bertz CT molecular complexity index is 461. The number of halogens is 1. The minimum atomic E-state index is 0.655. The van der Waals surface area contributed by atoms with Gasteiger partial charge in [0.25, 0.3) is 0 Å². The van der Waals surface area contributed by atoms with Crippen molar-refractivity contribution in [2.24, 2.45) is 5.92 Å². The molecule has 0 saturated heterocycles. The van der Waals surface area contributed by atoms with Crippen molar-refractivity contribution >= 4 is 0 Å². The van der Waals surface area contributed by atoms with Crippen LogP contribution in [0.3, 0.4) is 0 Å². The molecule has 0 atom stereocenters. The number of hydrogen-bond donors (Lipinski definition) is 0. The monoisotopic (exact) mass is 271 g/mol. The molecule has 0 bridgehead atoms. The molecule has 0 unspecified atom stereocenters. The quantitative estimate of drug-likeness (QED) is 0.650. The van der Waals surface area contributed by atoms with Crippen LogP contribution in [0.4, 0.5) is 4.39 Å². The van der Waals surface area contributed by atoms with Crippen LogP contribution in [-0.4, -0.2) is 0 Å². The molecule has 0 amide bonds. The Balaban J connectivity index is 1.77. The lowest BCUT2D eigenvalue weighted by atomic mass is 9.77. The van der Waals surface area contributed by atoms with E-state index in [-0.39, 0.29) is 0 Å². The molecular weight excluding hydrogens is 249 g/mol. The standard InChI is InChI=1S/C18H22FN/c19-13-3-1-2-4-15-5-9-17(10-6-15)18-11-7-16(14-20)8-12-18/h3,7-8,11-13,15,17H,1-2,4-6,9-10H2. The number of allylic oxidation sites excluding steroid dienone is 1. The summed E-state index contributed by atoms with van der Waals surface area (Å²) in [6, 6.07) is 10.2. The second-order valence-corrected chi connectivity index (χ2v) is 5.74. The molecule has 0 aliphatic heterocycles. The first-order chi connectivity index (χ1) is 9.83. The molecule has 2 rings (SSSR count). The zero-order valence-corrected chi connectivity index (χ0v) is 11.9. The van der Waals surface area contributed by atoms with E-state index in [9.17, 15) is 4.39 Å². The van der Waals surface area contributed by atoms with Gasteiger partial charge in [0.2, 0.25) is 0 Å². The minimum absolute atomic E-state index is 0.655. The summed E-state index contributed by atoms with van der Waals surface area (Å²) in [5.74, 6) is 1.47. The summed E-state index contributed by atoms with van der Waals surface area (Å²) in [4.78, 5) is 0. The van der Waals surface area contributed by atoms with Crippen LogP contribution in [0.5, 0.6) is 0 Å². The SMILES string of the molecule is N#Cc1ccc(C2CCC(CCCC=CF)CC2)cc1. The van der Waals surface area contributed by atoms with E-state index in [0.29, 0.717) is 12.2 Å². The van der Waals surface area contributed by atoms with Crippen molar-refractivity contribution in [2.75, 3.05) is 0 Å². The summed E-state index contributed by atoms with van der Waals surface area (Å²) < 4.78 is 11.9. The Hall–Kier alpha value is -1.62. The lowest BCUT2D eigenvalue weighted by molar-refractivity contribution is 0.305. The van der Waals surface area contributed by atoms with Gasteiger partial charge in [-0.3, -0.25) is 0 Å². The van der Waals surface area contributed by atoms with E-state index in [4.69, 9.17) is 5.26 Å². The number of nitriles is 1. The molecule has 2 heteroatoms. The number of benzene rings is 1. The summed E-state index contributed by atoms with van der Waals surface area (Å²) in [6.45, 7) is 0. The second kappa shape index (κ2) is 7.85. The number of nitrogens with zero attached hydrogens (tertiary/aromatic N) is 1. The Morgan fingerprint density at radius 1 is 1.15 bits per heavy atom. The zero-order chi connectivity index (χ0) is 14.2. The Labute approximate surface area is 121 Å². The Kier molecular flexibility index (Phi) is 5.80. The molecule has 1 saturated carbocycles. The highest BCUT2D eigenvalue weighted by molar-refractivity contribution is 5.33. The molecule has 1 aromatic carbocycles. The third kappa shape index (κ3) is 4.20. The van der Waals surface area contributed by atoms with Gasteiger partial charge in [0.05, 0.1) is 18.0 Å². The van der Waals surface area contributed by atoms with Crippen LogP contribution >= 0.6 is 0 Å². The van der Waals surface area contributed by atoms with E-state index in [1.165, 1.54) is 37.7 Å². The van der Waals surface area contributed by atoms with Gasteiger partial charge in [0.15, 0.2) is 0 Å². The number of hydrogen-bond acceptors (Lipinski definition) is 1. The second-order valence-electron chi connectivity index (χ2n) is 5.74. The van der Waals surface area contributed by atoms with Crippen LogP contribution in [0.1, 0.15) is 62.0 Å². The predicted molar refractivity (Wildman–Crippen MR) is 80.0 cm³/mol. The summed E-state index contributed by atoms with van der Waals surface area (Å²) in [6.07, 6.45) is 10.5. The van der Waals surface area contributed by atoms with E-state index in [0.717, 1.165) is 24.3 Å². The lowest BCUT2D eigenvalue weighted by Gasteiger charge is -2.28. The van der Waals surface area contributed by atoms with Gasteiger partial charge in [-0.1, -0.05) is 24.6 Å². The van der Waals surface area contributed by atoms with Crippen LogP contribution in [-0.2, 0) is 0 Å². The first-order valence-corrected chi connectivity index (χ1v) is 7.58. The predicted octanol–water partition coefficient (Wildman–Crippen LogP) is 5.49. The number of rotatable bonds is 5. The third-order valence-corrected chi connectivity index (χ3v) is 4.43. The van der Waals surface area contributed by atoms with Gasteiger partial charge in [0.1, 0.15) is 0 Å². The van der Waals surface area contributed by atoms with Crippen LogP contribution < -0.4 is 0 Å². The van der Waals surface area contributed by atoms with Crippen molar-refractivity contribution < 1.29 is 4.39 Å². The van der Waals surface area contributed by atoms with Crippen molar-refractivity contribution in [3.8, 4) is 6.07 Å². The van der Waals surface area contributed by atoms with Crippen molar-refractivity contribution in [1.29, 1.82) is 5.26 Å². The minimum Gasteiger partial charge on any atom is -0.216 e. The third-order valence-electron chi connectivity index (χ3n) is 4.43. The summed E-state index contributed by atoms with van der Waals surface area (Å²) in [5, 5.41) is 8.82. The van der Waals surface area contributed by atoms with Crippen molar-refractivity contribution in [2.45, 2.75) is 50.9 Å². The summed E-state index contributed by atoms with van der Waals surface area (Å²) >= 11 is 0. The molecule has 1 fully saturated rings. The maximum absolute atomic E-state index is 11.9. The molecule has 20 heavy (non-hydrogen) atoms. The van der Waals surface area contributed by atoms with Gasteiger partial charge in [-0.05, 0) is 68.1 Å². The van der Waals surface area contributed by atoms with Gasteiger partial charge < -0.3 is 0 Å². The van der Waals surface area contributed by atoms with E-state index >= 15 is 0 Å². The van der Waals surface area contributed by atoms with E-state index in [1.54, 1.807) is 6.08 Å². The lowest BCUT2D eigenvalue weighted by Crippen LogP contribution is -2.13. The normalized spacial score (nSPS) is 22.8. The van der Waals surface area contributed by atoms with Crippen molar-refractivity contribution in [1.82, 2.24) is 0 Å². The Morgan fingerprint density at radius 2 is 1.85 bits per heavy atom. The molecule has 0 N–H and O–H groups in total. The molecule has 0 radical (unpaired) electrons. The fourth-order valence-electron chi connectivity index (χ4n) is 3.20. The van der Waals surface area contributed by atoms with Crippen LogP contribution in [0, 0.1) is 17.2 Å². The molecule has 1 nitrogen and oxygen atoms in total. The van der Waals surface area contributed by atoms with E-state index < -0.39 is 0 Å². The average Bonchev–Trinajstić information content (AvgIpc) is 2.52.